The Bertz CT molecular complexity index is 1130. The highest BCUT2D eigenvalue weighted by Gasteiger charge is 2.24. The molecule has 1 heterocycles. The summed E-state index contributed by atoms with van der Waals surface area (Å²) in [5, 5.41) is 7.21. The lowest BCUT2D eigenvalue weighted by atomic mass is 10.0. The number of carbonyl (C=O) groups is 1. The van der Waals surface area contributed by atoms with Crippen LogP contribution in [0.2, 0.25) is 0 Å². The van der Waals surface area contributed by atoms with Gasteiger partial charge in [0.15, 0.2) is 0 Å². The maximum absolute atomic E-state index is 12.8. The van der Waals surface area contributed by atoms with Crippen molar-refractivity contribution in [1.29, 1.82) is 0 Å². The molecule has 0 saturated carbocycles. The van der Waals surface area contributed by atoms with Gasteiger partial charge in [-0.3, -0.25) is 4.79 Å². The van der Waals surface area contributed by atoms with E-state index >= 15 is 0 Å². The summed E-state index contributed by atoms with van der Waals surface area (Å²) in [7, 11) is 0. The Morgan fingerprint density at radius 3 is 2.06 bits per heavy atom. The van der Waals surface area contributed by atoms with Crippen molar-refractivity contribution in [2.75, 3.05) is 0 Å². The zero-order valence-corrected chi connectivity index (χ0v) is 18.6. The van der Waals surface area contributed by atoms with Gasteiger partial charge in [-0.25, -0.2) is 4.98 Å². The average Bonchev–Trinajstić information content (AvgIpc) is 3.25. The molecule has 31 heavy (non-hydrogen) atoms. The zero-order chi connectivity index (χ0) is 21.5. The number of amides is 1. The number of para-hydroxylation sites is 1. The number of nitrogens with zero attached hydrogens (tertiary/aromatic N) is 1. The Morgan fingerprint density at radius 2 is 1.42 bits per heavy atom. The second kappa shape index (κ2) is 10.3. The Kier molecular flexibility index (Phi) is 7.02. The first kappa shape index (κ1) is 21.2. The van der Waals surface area contributed by atoms with Crippen molar-refractivity contribution in [2.45, 2.75) is 25.4 Å². The molecule has 0 radical (unpaired) electrons. The number of hydrogen-bond acceptors (Lipinski definition) is 4. The topological polar surface area (TPSA) is 54.0 Å². The number of rotatable bonds is 8. The number of fused-ring (bicyclic) bond motifs is 1. The molecule has 4 aromatic rings. The second-order valence-corrected chi connectivity index (χ2v) is 8.74. The van der Waals surface area contributed by atoms with Crippen LogP contribution < -0.4 is 10.6 Å². The van der Waals surface area contributed by atoms with Crippen LogP contribution in [0.15, 0.2) is 84.9 Å². The van der Waals surface area contributed by atoms with Crippen LogP contribution in [0.4, 0.5) is 0 Å². The molecule has 156 valence electrons. The molecule has 0 aliphatic heterocycles. The molecule has 2 N–H and O–H groups in total. The smallest absolute Gasteiger partial charge is 0.221 e. The molecule has 0 bridgehead atoms. The molecule has 1 unspecified atom stereocenters. The van der Waals surface area contributed by atoms with Gasteiger partial charge in [-0.1, -0.05) is 85.0 Å². The Hall–Kier alpha value is -3.09. The highest BCUT2D eigenvalue weighted by molar-refractivity contribution is 7.80. The summed E-state index contributed by atoms with van der Waals surface area (Å²) in [6, 6.07) is 28.0. The number of benzene rings is 3. The third kappa shape index (κ3) is 5.75. The summed E-state index contributed by atoms with van der Waals surface area (Å²) < 4.78 is 1.10. The quantitative estimate of drug-likeness (QED) is 0.366. The van der Waals surface area contributed by atoms with E-state index in [1.165, 1.54) is 0 Å². The maximum atomic E-state index is 12.8. The maximum Gasteiger partial charge on any atom is 0.221 e. The number of nitrogens with one attached hydrogen (secondary N) is 2. The SMILES string of the molecule is O=C(CC(C(=S)NCc1ccccc1)c1nc2ccccc2s1)NCc1ccccc1. The Balaban J connectivity index is 1.48. The lowest BCUT2D eigenvalue weighted by Crippen LogP contribution is -2.32. The summed E-state index contributed by atoms with van der Waals surface area (Å²) in [6.07, 6.45) is 0.257. The second-order valence-electron chi connectivity index (χ2n) is 7.24. The molecule has 0 aliphatic rings. The minimum Gasteiger partial charge on any atom is -0.375 e. The van der Waals surface area contributed by atoms with E-state index in [-0.39, 0.29) is 18.2 Å². The summed E-state index contributed by atoms with van der Waals surface area (Å²) in [4.78, 5) is 18.2. The van der Waals surface area contributed by atoms with Crippen molar-refractivity contribution < 1.29 is 4.79 Å². The molecular formula is C25H23N3OS2. The van der Waals surface area contributed by atoms with Gasteiger partial charge in [-0.05, 0) is 23.3 Å². The Labute approximate surface area is 191 Å². The van der Waals surface area contributed by atoms with E-state index in [0.717, 1.165) is 26.4 Å². The zero-order valence-electron chi connectivity index (χ0n) is 17.0. The van der Waals surface area contributed by atoms with E-state index in [1.807, 2.05) is 72.8 Å². The predicted molar refractivity (Wildman–Crippen MR) is 131 cm³/mol. The third-order valence-electron chi connectivity index (χ3n) is 4.96. The van der Waals surface area contributed by atoms with Crippen LogP contribution in [-0.2, 0) is 17.9 Å². The molecule has 0 saturated heterocycles. The minimum absolute atomic E-state index is 0.0445. The first-order valence-corrected chi connectivity index (χ1v) is 11.4. The van der Waals surface area contributed by atoms with Crippen LogP contribution in [0.5, 0.6) is 0 Å². The van der Waals surface area contributed by atoms with E-state index in [2.05, 4.69) is 22.8 Å². The van der Waals surface area contributed by atoms with Crippen LogP contribution in [-0.4, -0.2) is 15.9 Å². The molecule has 1 amide bonds. The van der Waals surface area contributed by atoms with Gasteiger partial charge >= 0.3 is 0 Å². The molecule has 3 aromatic carbocycles. The normalized spacial score (nSPS) is 11.7. The third-order valence-corrected chi connectivity index (χ3v) is 6.54. The van der Waals surface area contributed by atoms with Crippen LogP contribution in [0.3, 0.4) is 0 Å². The van der Waals surface area contributed by atoms with Gasteiger partial charge in [0.1, 0.15) is 5.01 Å². The van der Waals surface area contributed by atoms with E-state index in [0.29, 0.717) is 18.1 Å². The van der Waals surface area contributed by atoms with Gasteiger partial charge in [-0.2, -0.15) is 0 Å². The van der Waals surface area contributed by atoms with Crippen molar-refractivity contribution >= 4 is 44.7 Å². The molecule has 1 atom stereocenters. The molecule has 1 aromatic heterocycles. The van der Waals surface area contributed by atoms with E-state index in [9.17, 15) is 4.79 Å². The van der Waals surface area contributed by atoms with Gasteiger partial charge in [0.05, 0.1) is 21.1 Å². The standard InChI is InChI=1S/C25H23N3OS2/c29-23(26-16-18-9-3-1-4-10-18)15-20(24(30)27-17-19-11-5-2-6-12-19)25-28-21-13-7-8-14-22(21)31-25/h1-14,20H,15-17H2,(H,26,29)(H,27,30). The summed E-state index contributed by atoms with van der Waals surface area (Å²) in [5.41, 5.74) is 3.14. The number of hydrogen-bond donors (Lipinski definition) is 2. The number of thiocarbonyl (C=S) groups is 1. The lowest BCUT2D eigenvalue weighted by Gasteiger charge is -2.17. The van der Waals surface area contributed by atoms with Gasteiger partial charge in [0.25, 0.3) is 0 Å². The van der Waals surface area contributed by atoms with Crippen molar-refractivity contribution in [1.82, 2.24) is 15.6 Å². The molecule has 6 heteroatoms. The molecule has 4 nitrogen and oxygen atoms in total. The van der Waals surface area contributed by atoms with Gasteiger partial charge in [-0.15, -0.1) is 11.3 Å². The number of aromatic nitrogens is 1. The summed E-state index contributed by atoms with van der Waals surface area (Å²) in [5.74, 6) is -0.316. The van der Waals surface area contributed by atoms with E-state index in [1.54, 1.807) is 11.3 Å². The fourth-order valence-electron chi connectivity index (χ4n) is 3.29. The van der Waals surface area contributed by atoms with E-state index < -0.39 is 0 Å². The average molecular weight is 446 g/mol. The van der Waals surface area contributed by atoms with Crippen molar-refractivity contribution in [2.24, 2.45) is 0 Å². The molecular weight excluding hydrogens is 422 g/mol. The molecule has 0 fully saturated rings. The predicted octanol–water partition coefficient (Wildman–Crippen LogP) is 5.20. The van der Waals surface area contributed by atoms with Crippen LogP contribution in [0, 0.1) is 0 Å². The fourth-order valence-corrected chi connectivity index (χ4v) is 4.71. The molecule has 4 rings (SSSR count). The first-order valence-electron chi connectivity index (χ1n) is 10.2. The molecule has 0 aliphatic carbocycles. The van der Waals surface area contributed by atoms with Crippen molar-refractivity contribution in [3.63, 3.8) is 0 Å². The van der Waals surface area contributed by atoms with Gasteiger partial charge < -0.3 is 10.6 Å². The Morgan fingerprint density at radius 1 is 0.839 bits per heavy atom. The summed E-state index contributed by atoms with van der Waals surface area (Å²) >= 11 is 7.33. The van der Waals surface area contributed by atoms with Crippen LogP contribution in [0.25, 0.3) is 10.2 Å². The number of carbonyl (C=O) groups excluding carboxylic acids is 1. The fraction of sp³-hybridized carbons (Fsp3) is 0.160. The molecule has 0 spiro atoms. The summed E-state index contributed by atoms with van der Waals surface area (Å²) in [6.45, 7) is 1.11. The number of thiazole rings is 1. The largest absolute Gasteiger partial charge is 0.375 e. The van der Waals surface area contributed by atoms with Crippen molar-refractivity contribution in [3.8, 4) is 0 Å². The van der Waals surface area contributed by atoms with Gasteiger partial charge in [0.2, 0.25) is 5.91 Å². The minimum atomic E-state index is -0.271. The first-order chi connectivity index (χ1) is 15.2. The van der Waals surface area contributed by atoms with Crippen LogP contribution >= 0.6 is 23.6 Å². The van der Waals surface area contributed by atoms with Crippen LogP contribution in [0.1, 0.15) is 28.5 Å². The highest BCUT2D eigenvalue weighted by Crippen LogP contribution is 2.30. The van der Waals surface area contributed by atoms with Gasteiger partial charge in [0, 0.05) is 19.5 Å². The lowest BCUT2D eigenvalue weighted by molar-refractivity contribution is -0.121. The monoisotopic (exact) mass is 445 g/mol. The van der Waals surface area contributed by atoms with Crippen molar-refractivity contribution in [3.05, 3.63) is 101 Å². The van der Waals surface area contributed by atoms with E-state index in [4.69, 9.17) is 17.2 Å². The highest BCUT2D eigenvalue weighted by atomic mass is 32.1.